The smallest absolute Gasteiger partial charge is 0.227 e. The Morgan fingerprint density at radius 2 is 1.88 bits per heavy atom. The number of fused-ring (bicyclic) bond motifs is 1. The van der Waals surface area contributed by atoms with Gasteiger partial charge in [0, 0.05) is 20.9 Å². The van der Waals surface area contributed by atoms with Crippen LogP contribution in [0.25, 0.3) is 22.2 Å². The first kappa shape index (κ1) is 16.5. The fourth-order valence-electron chi connectivity index (χ4n) is 2.93. The van der Waals surface area contributed by atoms with Crippen molar-refractivity contribution < 1.29 is 9.53 Å². The second-order valence-corrected chi connectivity index (χ2v) is 6.77. The number of hydrogen-bond acceptors (Lipinski definition) is 3. The lowest BCUT2D eigenvalue weighted by Crippen LogP contribution is -2.05. The number of pyridine rings is 1. The second-order valence-electron chi connectivity index (χ2n) is 5.85. The molecule has 0 aliphatic rings. The summed E-state index contributed by atoms with van der Waals surface area (Å²) in [6.07, 6.45) is 0. The lowest BCUT2D eigenvalue weighted by atomic mass is 10.1. The molecule has 2 heterocycles. The van der Waals surface area contributed by atoms with Gasteiger partial charge in [-0.2, -0.15) is 0 Å². The number of halogens is 1. The molecule has 0 saturated heterocycles. The van der Waals surface area contributed by atoms with Gasteiger partial charge in [0.2, 0.25) is 5.78 Å². The number of para-hydroxylation sites is 1. The van der Waals surface area contributed by atoms with Crippen molar-refractivity contribution in [3.63, 3.8) is 0 Å². The Balaban J connectivity index is 1.76. The third-order valence-corrected chi connectivity index (χ3v) is 4.69. The zero-order valence-electron chi connectivity index (χ0n) is 14.0. The average Bonchev–Trinajstić information content (AvgIpc) is 3.11. The molecular weight excluding hydrogens is 392 g/mol. The molecule has 1 N–H and O–H groups in total. The molecule has 2 aromatic heterocycles. The lowest BCUT2D eigenvalue weighted by Gasteiger charge is -2.09. The van der Waals surface area contributed by atoms with Crippen LogP contribution in [0.3, 0.4) is 0 Å². The summed E-state index contributed by atoms with van der Waals surface area (Å²) in [6.45, 7) is 0. The zero-order valence-corrected chi connectivity index (χ0v) is 15.6. The van der Waals surface area contributed by atoms with Crippen LogP contribution in [0, 0.1) is 0 Å². The first-order valence-corrected chi connectivity index (χ1v) is 8.88. The molecular formula is C21H15BrN2O2. The van der Waals surface area contributed by atoms with Gasteiger partial charge in [0.1, 0.15) is 11.4 Å². The molecule has 4 aromatic rings. The maximum absolute atomic E-state index is 12.9. The monoisotopic (exact) mass is 406 g/mol. The minimum Gasteiger partial charge on any atom is -0.496 e. The number of ketones is 1. The van der Waals surface area contributed by atoms with Gasteiger partial charge in [-0.15, -0.1) is 0 Å². The molecule has 0 unspecified atom stereocenters. The van der Waals surface area contributed by atoms with E-state index in [0.717, 1.165) is 20.9 Å². The number of aromatic nitrogens is 2. The molecule has 2 aromatic carbocycles. The molecule has 0 fully saturated rings. The Hall–Kier alpha value is -2.92. The molecule has 0 amide bonds. The predicted octanol–water partition coefficient (Wildman–Crippen LogP) is 5.23. The van der Waals surface area contributed by atoms with Crippen molar-refractivity contribution in [3.05, 3.63) is 82.6 Å². The summed E-state index contributed by atoms with van der Waals surface area (Å²) in [6, 6.07) is 20.8. The van der Waals surface area contributed by atoms with E-state index in [9.17, 15) is 4.79 Å². The van der Waals surface area contributed by atoms with Crippen LogP contribution in [-0.2, 0) is 0 Å². The molecule has 26 heavy (non-hydrogen) atoms. The topological polar surface area (TPSA) is 55.0 Å². The Labute approximate surface area is 159 Å². The van der Waals surface area contributed by atoms with Crippen molar-refractivity contribution >= 4 is 32.6 Å². The fraction of sp³-hybridized carbons (Fsp3) is 0.0476. The normalized spacial score (nSPS) is 10.8. The number of carbonyl (C=O) groups is 1. The van der Waals surface area contributed by atoms with Gasteiger partial charge in [0.05, 0.1) is 18.5 Å². The number of methoxy groups -OCH3 is 1. The maximum Gasteiger partial charge on any atom is 0.227 e. The summed E-state index contributed by atoms with van der Waals surface area (Å²) >= 11 is 3.47. The Kier molecular flexibility index (Phi) is 4.31. The van der Waals surface area contributed by atoms with E-state index in [0.29, 0.717) is 22.8 Å². The third-order valence-electron chi connectivity index (χ3n) is 4.19. The number of nitrogens with zero attached hydrogens (tertiary/aromatic N) is 1. The quantitative estimate of drug-likeness (QED) is 0.471. The molecule has 0 bridgehead atoms. The van der Waals surface area contributed by atoms with E-state index in [1.54, 1.807) is 13.2 Å². The molecule has 0 aliphatic carbocycles. The van der Waals surface area contributed by atoms with Crippen LogP contribution in [-0.4, -0.2) is 22.9 Å². The highest BCUT2D eigenvalue weighted by Crippen LogP contribution is 2.31. The summed E-state index contributed by atoms with van der Waals surface area (Å²) in [5.74, 6) is 0.563. The minimum atomic E-state index is -0.142. The average molecular weight is 407 g/mol. The first-order chi connectivity index (χ1) is 12.7. The Morgan fingerprint density at radius 1 is 1.04 bits per heavy atom. The van der Waals surface area contributed by atoms with Crippen molar-refractivity contribution in [3.8, 4) is 17.0 Å². The van der Waals surface area contributed by atoms with Crippen molar-refractivity contribution in [1.29, 1.82) is 0 Å². The van der Waals surface area contributed by atoms with Crippen LogP contribution >= 0.6 is 15.9 Å². The lowest BCUT2D eigenvalue weighted by molar-refractivity contribution is 0.103. The molecule has 0 radical (unpaired) electrons. The zero-order chi connectivity index (χ0) is 18.1. The molecule has 0 spiro atoms. The van der Waals surface area contributed by atoms with Gasteiger partial charge in [0.25, 0.3) is 0 Å². The van der Waals surface area contributed by atoms with Gasteiger partial charge in [-0.1, -0.05) is 40.2 Å². The second kappa shape index (κ2) is 6.77. The van der Waals surface area contributed by atoms with Gasteiger partial charge >= 0.3 is 0 Å². The van der Waals surface area contributed by atoms with Gasteiger partial charge in [-0.25, -0.2) is 4.98 Å². The molecule has 0 saturated carbocycles. The largest absolute Gasteiger partial charge is 0.496 e. The number of H-pyrrole nitrogens is 1. The minimum absolute atomic E-state index is 0.142. The van der Waals surface area contributed by atoms with Gasteiger partial charge < -0.3 is 9.72 Å². The van der Waals surface area contributed by atoms with Crippen LogP contribution in [0.2, 0.25) is 0 Å². The van der Waals surface area contributed by atoms with Crippen molar-refractivity contribution in [2.24, 2.45) is 0 Å². The van der Waals surface area contributed by atoms with E-state index in [4.69, 9.17) is 4.74 Å². The van der Waals surface area contributed by atoms with E-state index in [1.165, 1.54) is 0 Å². The molecule has 128 valence electrons. The number of rotatable bonds is 4. The maximum atomic E-state index is 12.9. The fourth-order valence-corrected chi connectivity index (χ4v) is 3.29. The summed E-state index contributed by atoms with van der Waals surface area (Å²) in [5, 5.41) is 1.00. The van der Waals surface area contributed by atoms with Crippen LogP contribution < -0.4 is 4.74 Å². The van der Waals surface area contributed by atoms with Crippen LogP contribution in [0.5, 0.6) is 5.75 Å². The van der Waals surface area contributed by atoms with E-state index in [2.05, 4.69) is 25.9 Å². The molecule has 4 nitrogen and oxygen atoms in total. The number of nitrogens with one attached hydrogen (secondary N) is 1. The van der Waals surface area contributed by atoms with E-state index >= 15 is 0 Å². The number of benzene rings is 2. The van der Waals surface area contributed by atoms with Crippen LogP contribution in [0.4, 0.5) is 0 Å². The van der Waals surface area contributed by atoms with Gasteiger partial charge in [0.15, 0.2) is 0 Å². The van der Waals surface area contributed by atoms with Gasteiger partial charge in [-0.3, -0.25) is 4.79 Å². The van der Waals surface area contributed by atoms with Crippen molar-refractivity contribution in [2.45, 2.75) is 0 Å². The highest BCUT2D eigenvalue weighted by molar-refractivity contribution is 9.10. The number of aromatic amines is 1. The Morgan fingerprint density at radius 3 is 2.69 bits per heavy atom. The predicted molar refractivity (Wildman–Crippen MR) is 106 cm³/mol. The summed E-state index contributed by atoms with van der Waals surface area (Å²) in [5.41, 5.74) is 3.35. The van der Waals surface area contributed by atoms with E-state index in [-0.39, 0.29) is 5.78 Å². The first-order valence-electron chi connectivity index (χ1n) is 8.09. The Bertz CT molecular complexity index is 1080. The van der Waals surface area contributed by atoms with Gasteiger partial charge in [-0.05, 0) is 42.5 Å². The van der Waals surface area contributed by atoms with Crippen molar-refractivity contribution in [1.82, 2.24) is 9.97 Å². The third kappa shape index (κ3) is 3.02. The number of hydrogen-bond donors (Lipinski definition) is 1. The summed E-state index contributed by atoms with van der Waals surface area (Å²) in [4.78, 5) is 20.6. The summed E-state index contributed by atoms with van der Waals surface area (Å²) in [7, 11) is 1.62. The summed E-state index contributed by atoms with van der Waals surface area (Å²) < 4.78 is 6.35. The molecule has 5 heteroatoms. The standard InChI is InChI=1S/C21H15BrN2O2/c1-26-20-10-9-14(22)12-15(20)17-7-4-8-18(24-17)21(25)19-11-13-5-2-3-6-16(13)23-19/h2-12,23H,1H3. The van der Waals surface area contributed by atoms with Crippen LogP contribution in [0.15, 0.2) is 71.2 Å². The molecule has 0 atom stereocenters. The highest BCUT2D eigenvalue weighted by Gasteiger charge is 2.15. The van der Waals surface area contributed by atoms with E-state index in [1.807, 2.05) is 60.7 Å². The highest BCUT2D eigenvalue weighted by atomic mass is 79.9. The van der Waals surface area contributed by atoms with Crippen LogP contribution in [0.1, 0.15) is 16.2 Å². The number of carbonyl (C=O) groups excluding carboxylic acids is 1. The molecule has 4 rings (SSSR count). The SMILES string of the molecule is COc1ccc(Br)cc1-c1cccc(C(=O)c2cc3ccccc3[nH]2)n1. The number of ether oxygens (including phenoxy) is 1. The van der Waals surface area contributed by atoms with E-state index < -0.39 is 0 Å². The molecule has 0 aliphatic heterocycles. The van der Waals surface area contributed by atoms with Crippen molar-refractivity contribution in [2.75, 3.05) is 7.11 Å².